The van der Waals surface area contributed by atoms with Crippen molar-refractivity contribution in [3.05, 3.63) is 64.6 Å². The van der Waals surface area contributed by atoms with Crippen molar-refractivity contribution >= 4 is 57.1 Å². The highest BCUT2D eigenvalue weighted by Gasteiger charge is 2.42. The van der Waals surface area contributed by atoms with Gasteiger partial charge in [-0.2, -0.15) is 0 Å². The van der Waals surface area contributed by atoms with Gasteiger partial charge in [-0.3, -0.25) is 24.3 Å². The highest BCUT2D eigenvalue weighted by Crippen LogP contribution is 2.45. The summed E-state index contributed by atoms with van der Waals surface area (Å²) in [5, 5.41) is 0. The van der Waals surface area contributed by atoms with E-state index in [-0.39, 0.29) is 11.8 Å². The number of hydrogen-bond acceptors (Lipinski definition) is 5. The van der Waals surface area contributed by atoms with Gasteiger partial charge >= 0.3 is 0 Å². The third kappa shape index (κ3) is 3.47. The summed E-state index contributed by atoms with van der Waals surface area (Å²) in [4.78, 5) is 32.7. The van der Waals surface area contributed by atoms with Gasteiger partial charge in [0.15, 0.2) is 4.32 Å². The fraction of sp³-hybridized carbons (Fsp3) is 0.261. The smallest absolute Gasteiger partial charge is 0.271 e. The average Bonchev–Trinajstić information content (AvgIpc) is 3.18. The number of hydrogen-bond donors (Lipinski definition) is 0. The summed E-state index contributed by atoms with van der Waals surface area (Å²) in [5.74, 6) is -0.383. The van der Waals surface area contributed by atoms with Crippen LogP contribution in [0.3, 0.4) is 0 Å². The van der Waals surface area contributed by atoms with E-state index in [9.17, 15) is 9.59 Å². The molecule has 30 heavy (non-hydrogen) atoms. The standard InChI is InChI=1S/C23H23N3O2S2/c1-4-24(5-2)14-25-18-12-7-6-11-17(18)19(21(25)27)20-22(28)26(23(29)30-20)16-10-8-9-15(3)13-16/h6-13H,4-5,14H2,1-3H3. The van der Waals surface area contributed by atoms with Gasteiger partial charge in [0.25, 0.3) is 11.8 Å². The maximum Gasteiger partial charge on any atom is 0.271 e. The van der Waals surface area contributed by atoms with Crippen LogP contribution in [-0.2, 0) is 9.59 Å². The first-order valence-electron chi connectivity index (χ1n) is 9.97. The SMILES string of the molecule is CCN(CC)CN1C(=O)C(=C2SC(=S)N(c3cccc(C)c3)C2=O)c2ccccc21. The van der Waals surface area contributed by atoms with E-state index in [0.29, 0.717) is 21.5 Å². The van der Waals surface area contributed by atoms with Crippen molar-refractivity contribution in [2.24, 2.45) is 0 Å². The van der Waals surface area contributed by atoms with Gasteiger partial charge in [-0.1, -0.05) is 68.2 Å². The lowest BCUT2D eigenvalue weighted by Crippen LogP contribution is -2.39. The second-order valence-corrected chi connectivity index (χ2v) is 8.89. The van der Waals surface area contributed by atoms with Crippen LogP contribution in [0.5, 0.6) is 0 Å². The molecule has 5 nitrogen and oxygen atoms in total. The van der Waals surface area contributed by atoms with E-state index in [0.717, 1.165) is 35.6 Å². The number of carbonyl (C=O) groups is 2. The Labute approximate surface area is 186 Å². The summed E-state index contributed by atoms with van der Waals surface area (Å²) in [5.41, 5.74) is 3.85. The number of fused-ring (bicyclic) bond motifs is 1. The molecule has 0 spiro atoms. The molecule has 154 valence electrons. The van der Waals surface area contributed by atoms with Crippen molar-refractivity contribution < 1.29 is 9.59 Å². The quantitative estimate of drug-likeness (QED) is 0.512. The molecule has 2 aliphatic rings. The molecule has 0 atom stereocenters. The number of anilines is 2. The van der Waals surface area contributed by atoms with Crippen LogP contribution in [-0.4, -0.2) is 40.8 Å². The van der Waals surface area contributed by atoms with Gasteiger partial charge in [0, 0.05) is 5.56 Å². The van der Waals surface area contributed by atoms with Crippen LogP contribution in [0.15, 0.2) is 53.4 Å². The van der Waals surface area contributed by atoms with Crippen LogP contribution in [0.4, 0.5) is 11.4 Å². The largest absolute Gasteiger partial charge is 0.294 e. The Bertz CT molecular complexity index is 1080. The van der Waals surface area contributed by atoms with Crippen LogP contribution in [0.1, 0.15) is 25.0 Å². The Balaban J connectivity index is 1.78. The molecule has 4 rings (SSSR count). The lowest BCUT2D eigenvalue weighted by molar-refractivity contribution is -0.115. The van der Waals surface area contributed by atoms with Crippen molar-refractivity contribution in [1.29, 1.82) is 0 Å². The lowest BCUT2D eigenvalue weighted by atomic mass is 10.1. The number of rotatable bonds is 5. The molecule has 0 unspecified atom stereocenters. The third-order valence-corrected chi connectivity index (χ3v) is 6.79. The number of amides is 2. The molecule has 2 aliphatic heterocycles. The molecule has 2 aromatic rings. The average molecular weight is 438 g/mol. The van der Waals surface area contributed by atoms with Gasteiger partial charge < -0.3 is 0 Å². The predicted molar refractivity (Wildman–Crippen MR) is 127 cm³/mol. The van der Waals surface area contributed by atoms with Gasteiger partial charge in [0.2, 0.25) is 0 Å². The van der Waals surface area contributed by atoms with Crippen molar-refractivity contribution in [1.82, 2.24) is 4.90 Å². The minimum Gasteiger partial charge on any atom is -0.294 e. The summed E-state index contributed by atoms with van der Waals surface area (Å²) in [6.07, 6.45) is 0. The van der Waals surface area contributed by atoms with Gasteiger partial charge in [0.1, 0.15) is 0 Å². The fourth-order valence-corrected chi connectivity index (χ4v) is 5.14. The van der Waals surface area contributed by atoms with Crippen LogP contribution < -0.4 is 9.80 Å². The van der Waals surface area contributed by atoms with Crippen molar-refractivity contribution in [2.45, 2.75) is 20.8 Å². The first kappa shape index (κ1) is 20.8. The molecular formula is C23H23N3O2S2. The van der Waals surface area contributed by atoms with Gasteiger partial charge in [-0.05, 0) is 43.8 Å². The number of thiocarbonyl (C=S) groups is 1. The minimum absolute atomic E-state index is 0.146. The van der Waals surface area contributed by atoms with E-state index < -0.39 is 0 Å². The van der Waals surface area contributed by atoms with Crippen LogP contribution in [0.2, 0.25) is 0 Å². The normalized spacial score (nSPS) is 18.7. The van der Waals surface area contributed by atoms with E-state index in [1.165, 1.54) is 16.7 Å². The monoisotopic (exact) mass is 437 g/mol. The second kappa shape index (κ2) is 8.34. The Hall–Kier alpha value is -2.48. The summed E-state index contributed by atoms with van der Waals surface area (Å²) >= 11 is 6.74. The van der Waals surface area contributed by atoms with Crippen molar-refractivity contribution in [2.75, 3.05) is 29.6 Å². The van der Waals surface area contributed by atoms with E-state index in [2.05, 4.69) is 18.7 Å². The highest BCUT2D eigenvalue weighted by molar-refractivity contribution is 8.27. The predicted octanol–water partition coefficient (Wildman–Crippen LogP) is 4.42. The number of benzene rings is 2. The summed E-state index contributed by atoms with van der Waals surface area (Å²) in [6, 6.07) is 15.3. The molecule has 0 aliphatic carbocycles. The molecule has 0 bridgehead atoms. The first-order valence-corrected chi connectivity index (χ1v) is 11.2. The molecule has 0 aromatic heterocycles. The summed E-state index contributed by atoms with van der Waals surface area (Å²) in [6.45, 7) is 8.29. The van der Waals surface area contributed by atoms with Crippen LogP contribution in [0, 0.1) is 6.92 Å². The Kier molecular flexibility index (Phi) is 5.77. The maximum absolute atomic E-state index is 13.5. The Morgan fingerprint density at radius 1 is 1.00 bits per heavy atom. The number of para-hydroxylation sites is 1. The van der Waals surface area contributed by atoms with Crippen molar-refractivity contribution in [3.63, 3.8) is 0 Å². The minimum atomic E-state index is -0.238. The Morgan fingerprint density at radius 2 is 1.73 bits per heavy atom. The van der Waals surface area contributed by atoms with E-state index in [4.69, 9.17) is 12.2 Å². The summed E-state index contributed by atoms with van der Waals surface area (Å²) in [7, 11) is 0. The highest BCUT2D eigenvalue weighted by atomic mass is 32.2. The second-order valence-electron chi connectivity index (χ2n) is 7.25. The molecular weight excluding hydrogens is 414 g/mol. The first-order chi connectivity index (χ1) is 14.5. The number of carbonyl (C=O) groups excluding carboxylic acids is 2. The molecule has 1 saturated heterocycles. The molecule has 2 aromatic carbocycles. The molecule has 2 amide bonds. The zero-order valence-corrected chi connectivity index (χ0v) is 18.8. The number of aryl methyl sites for hydroxylation is 1. The summed E-state index contributed by atoms with van der Waals surface area (Å²) < 4.78 is 0.445. The van der Waals surface area contributed by atoms with Crippen LogP contribution >= 0.6 is 24.0 Å². The molecule has 0 radical (unpaired) electrons. The topological polar surface area (TPSA) is 43.9 Å². The zero-order valence-electron chi connectivity index (χ0n) is 17.2. The van der Waals surface area contributed by atoms with Gasteiger partial charge in [0.05, 0.1) is 28.5 Å². The van der Waals surface area contributed by atoms with Gasteiger partial charge in [-0.15, -0.1) is 0 Å². The molecule has 0 N–H and O–H groups in total. The van der Waals surface area contributed by atoms with E-state index >= 15 is 0 Å². The molecule has 7 heteroatoms. The van der Waals surface area contributed by atoms with Gasteiger partial charge in [-0.25, -0.2) is 0 Å². The molecule has 2 heterocycles. The lowest BCUT2D eigenvalue weighted by Gasteiger charge is -2.25. The number of thioether (sulfide) groups is 1. The van der Waals surface area contributed by atoms with E-state index in [1.54, 1.807) is 4.90 Å². The third-order valence-electron chi connectivity index (χ3n) is 5.42. The molecule has 0 saturated carbocycles. The zero-order chi connectivity index (χ0) is 21.4. The van der Waals surface area contributed by atoms with Crippen LogP contribution in [0.25, 0.3) is 5.57 Å². The fourth-order valence-electron chi connectivity index (χ4n) is 3.77. The Morgan fingerprint density at radius 3 is 2.43 bits per heavy atom. The molecule has 1 fully saturated rings. The maximum atomic E-state index is 13.5. The van der Waals surface area contributed by atoms with Crippen molar-refractivity contribution in [3.8, 4) is 0 Å². The van der Waals surface area contributed by atoms with E-state index in [1.807, 2.05) is 55.5 Å². The number of nitrogens with zero attached hydrogens (tertiary/aromatic N) is 3.